The lowest BCUT2D eigenvalue weighted by Crippen LogP contribution is -2.47. The Labute approximate surface area is 140 Å². The predicted octanol–water partition coefficient (Wildman–Crippen LogP) is 2.79. The minimum absolute atomic E-state index is 0.240. The lowest BCUT2D eigenvalue weighted by atomic mass is 9.94. The van der Waals surface area contributed by atoms with Gasteiger partial charge in [-0.05, 0) is 36.6 Å². The molecular formula is C17H20ClNO4. The molecule has 3 rings (SSSR count). The summed E-state index contributed by atoms with van der Waals surface area (Å²) in [6.07, 6.45) is 4.02. The second-order valence-corrected chi connectivity index (χ2v) is 6.70. The van der Waals surface area contributed by atoms with Gasteiger partial charge in [-0.1, -0.05) is 30.9 Å². The van der Waals surface area contributed by atoms with Gasteiger partial charge in [0.15, 0.2) is 6.10 Å². The fourth-order valence-corrected chi connectivity index (χ4v) is 3.61. The zero-order valence-electron chi connectivity index (χ0n) is 12.8. The summed E-state index contributed by atoms with van der Waals surface area (Å²) in [7, 11) is 0. The molecule has 3 atom stereocenters. The molecule has 1 aliphatic carbocycles. The predicted molar refractivity (Wildman–Crippen MR) is 85.7 cm³/mol. The Morgan fingerprint density at radius 2 is 2.00 bits per heavy atom. The summed E-state index contributed by atoms with van der Waals surface area (Å²) in [5.74, 6) is -0.917. The van der Waals surface area contributed by atoms with Crippen LogP contribution in [0.5, 0.6) is 5.75 Å². The second-order valence-electron chi connectivity index (χ2n) is 6.26. The zero-order chi connectivity index (χ0) is 16.4. The number of carboxylic acids is 1. The van der Waals surface area contributed by atoms with Crippen molar-refractivity contribution in [3.8, 4) is 5.75 Å². The minimum Gasteiger partial charge on any atom is -0.481 e. The summed E-state index contributed by atoms with van der Waals surface area (Å²) < 4.78 is 5.67. The molecule has 0 radical (unpaired) electrons. The number of aliphatic carboxylic acids is 1. The third-order valence-electron chi connectivity index (χ3n) is 4.65. The van der Waals surface area contributed by atoms with Crippen molar-refractivity contribution in [3.05, 3.63) is 28.8 Å². The third kappa shape index (κ3) is 3.61. The van der Waals surface area contributed by atoms with Crippen molar-refractivity contribution >= 4 is 23.5 Å². The Balaban J connectivity index is 1.66. The third-order valence-corrected chi connectivity index (χ3v) is 4.89. The largest absolute Gasteiger partial charge is 0.481 e. The van der Waals surface area contributed by atoms with E-state index < -0.39 is 18.0 Å². The van der Waals surface area contributed by atoms with E-state index in [0.29, 0.717) is 30.0 Å². The van der Waals surface area contributed by atoms with E-state index in [1.807, 2.05) is 0 Å². The standard InChI is InChI=1S/C17H20ClNO4/c18-11-6-7-14-10(8-11)9-15(23-14)16(20)19-13-5-3-1-2-4-12(13)17(21)22/h6-8,12-13,15H,1-5,9H2,(H,19,20)(H,21,22)/t12-,13+,15?/m1/s1. The molecule has 124 valence electrons. The molecule has 0 saturated heterocycles. The number of nitrogens with one attached hydrogen (secondary N) is 1. The summed E-state index contributed by atoms with van der Waals surface area (Å²) in [6, 6.07) is 4.97. The molecule has 1 aromatic rings. The van der Waals surface area contributed by atoms with Gasteiger partial charge in [0.05, 0.1) is 5.92 Å². The Morgan fingerprint density at radius 1 is 1.22 bits per heavy atom. The summed E-state index contributed by atoms with van der Waals surface area (Å²) in [6.45, 7) is 0. The fourth-order valence-electron chi connectivity index (χ4n) is 3.42. The van der Waals surface area contributed by atoms with Gasteiger partial charge >= 0.3 is 5.97 Å². The van der Waals surface area contributed by atoms with Crippen molar-refractivity contribution in [1.82, 2.24) is 5.32 Å². The van der Waals surface area contributed by atoms with E-state index in [1.165, 1.54) is 0 Å². The normalized spacial score (nSPS) is 26.7. The van der Waals surface area contributed by atoms with Crippen LogP contribution in [-0.2, 0) is 16.0 Å². The van der Waals surface area contributed by atoms with Crippen LogP contribution in [0.25, 0.3) is 0 Å². The van der Waals surface area contributed by atoms with Crippen molar-refractivity contribution in [2.24, 2.45) is 5.92 Å². The highest BCUT2D eigenvalue weighted by molar-refractivity contribution is 6.30. The molecule has 23 heavy (non-hydrogen) atoms. The molecule has 0 aromatic heterocycles. The van der Waals surface area contributed by atoms with E-state index in [9.17, 15) is 14.7 Å². The number of carboxylic acid groups (broad SMARTS) is 1. The van der Waals surface area contributed by atoms with Crippen LogP contribution in [0.1, 0.15) is 37.7 Å². The first kappa shape index (κ1) is 16.1. The van der Waals surface area contributed by atoms with Gasteiger partial charge in [0.2, 0.25) is 0 Å². The van der Waals surface area contributed by atoms with Gasteiger partial charge in [0.25, 0.3) is 5.91 Å². The number of ether oxygens (including phenoxy) is 1. The highest BCUT2D eigenvalue weighted by atomic mass is 35.5. The maximum atomic E-state index is 12.5. The molecule has 1 fully saturated rings. The average Bonchev–Trinajstić information content (AvgIpc) is 2.78. The molecule has 2 N–H and O–H groups in total. The van der Waals surface area contributed by atoms with E-state index in [0.717, 1.165) is 24.8 Å². The van der Waals surface area contributed by atoms with Gasteiger partial charge in [-0.2, -0.15) is 0 Å². The Kier molecular flexibility index (Phi) is 4.76. The van der Waals surface area contributed by atoms with Crippen LogP contribution in [0, 0.1) is 5.92 Å². The van der Waals surface area contributed by atoms with Gasteiger partial charge in [-0.3, -0.25) is 9.59 Å². The molecule has 0 bridgehead atoms. The van der Waals surface area contributed by atoms with E-state index in [4.69, 9.17) is 16.3 Å². The van der Waals surface area contributed by atoms with Crippen molar-refractivity contribution in [3.63, 3.8) is 0 Å². The number of carbonyl (C=O) groups excluding carboxylic acids is 1. The number of rotatable bonds is 3. The summed E-state index contributed by atoms with van der Waals surface area (Å²) in [5, 5.41) is 12.9. The lowest BCUT2D eigenvalue weighted by molar-refractivity contribution is -0.143. The van der Waals surface area contributed by atoms with E-state index >= 15 is 0 Å². The van der Waals surface area contributed by atoms with Gasteiger partial charge in [-0.25, -0.2) is 0 Å². The Bertz CT molecular complexity index is 619. The molecule has 2 aliphatic rings. The molecule has 1 unspecified atom stereocenters. The first-order chi connectivity index (χ1) is 11.0. The van der Waals surface area contributed by atoms with Crippen molar-refractivity contribution in [1.29, 1.82) is 0 Å². The van der Waals surface area contributed by atoms with Crippen LogP contribution in [0.2, 0.25) is 5.02 Å². The summed E-state index contributed by atoms with van der Waals surface area (Å²) >= 11 is 5.96. The molecule has 5 nitrogen and oxygen atoms in total. The molecular weight excluding hydrogens is 318 g/mol. The number of fused-ring (bicyclic) bond motifs is 1. The SMILES string of the molecule is O=C(N[C@H]1CCCCC[C@H]1C(=O)O)C1Cc2cc(Cl)ccc2O1. The molecule has 1 aromatic carbocycles. The minimum atomic E-state index is -0.834. The zero-order valence-corrected chi connectivity index (χ0v) is 13.5. The van der Waals surface area contributed by atoms with Crippen molar-refractivity contribution in [2.45, 2.75) is 50.7 Å². The van der Waals surface area contributed by atoms with Crippen LogP contribution in [0.4, 0.5) is 0 Å². The molecule has 1 heterocycles. The fraction of sp³-hybridized carbons (Fsp3) is 0.529. The van der Waals surface area contributed by atoms with Gasteiger partial charge in [-0.15, -0.1) is 0 Å². The van der Waals surface area contributed by atoms with Crippen LogP contribution < -0.4 is 10.1 Å². The maximum absolute atomic E-state index is 12.5. The smallest absolute Gasteiger partial charge is 0.308 e. The van der Waals surface area contributed by atoms with E-state index in [1.54, 1.807) is 18.2 Å². The van der Waals surface area contributed by atoms with Gasteiger partial charge in [0, 0.05) is 17.5 Å². The molecule has 1 amide bonds. The van der Waals surface area contributed by atoms with Crippen molar-refractivity contribution in [2.75, 3.05) is 0 Å². The van der Waals surface area contributed by atoms with E-state index in [2.05, 4.69) is 5.32 Å². The molecule has 1 saturated carbocycles. The van der Waals surface area contributed by atoms with Crippen LogP contribution in [0.3, 0.4) is 0 Å². The quantitative estimate of drug-likeness (QED) is 0.832. The lowest BCUT2D eigenvalue weighted by Gasteiger charge is -2.24. The average molecular weight is 338 g/mol. The number of carbonyl (C=O) groups is 2. The molecule has 0 spiro atoms. The number of hydrogen-bond acceptors (Lipinski definition) is 3. The van der Waals surface area contributed by atoms with Crippen LogP contribution in [-0.4, -0.2) is 29.1 Å². The number of hydrogen-bond donors (Lipinski definition) is 2. The highest BCUT2D eigenvalue weighted by Gasteiger charge is 2.35. The van der Waals surface area contributed by atoms with Crippen LogP contribution >= 0.6 is 11.6 Å². The first-order valence-electron chi connectivity index (χ1n) is 8.03. The van der Waals surface area contributed by atoms with E-state index in [-0.39, 0.29) is 11.9 Å². The second kappa shape index (κ2) is 6.79. The van der Waals surface area contributed by atoms with Gasteiger partial charge in [0.1, 0.15) is 5.75 Å². The van der Waals surface area contributed by atoms with Crippen molar-refractivity contribution < 1.29 is 19.4 Å². The Morgan fingerprint density at radius 3 is 2.78 bits per heavy atom. The van der Waals surface area contributed by atoms with Crippen LogP contribution in [0.15, 0.2) is 18.2 Å². The number of benzene rings is 1. The monoisotopic (exact) mass is 337 g/mol. The molecule has 6 heteroatoms. The summed E-state index contributed by atoms with van der Waals surface area (Å²) in [4.78, 5) is 23.9. The Hall–Kier alpha value is -1.75. The highest BCUT2D eigenvalue weighted by Crippen LogP contribution is 2.31. The maximum Gasteiger partial charge on any atom is 0.308 e. The topological polar surface area (TPSA) is 75.6 Å². The number of amides is 1. The molecule has 1 aliphatic heterocycles. The first-order valence-corrected chi connectivity index (χ1v) is 8.40. The summed E-state index contributed by atoms with van der Waals surface area (Å²) in [5.41, 5.74) is 0.910. The number of halogens is 1. The van der Waals surface area contributed by atoms with Gasteiger partial charge < -0.3 is 15.2 Å².